The number of para-hydroxylation sites is 1. The van der Waals surface area contributed by atoms with Gasteiger partial charge in [-0.2, -0.15) is 5.26 Å². The van der Waals surface area contributed by atoms with Gasteiger partial charge in [0.25, 0.3) is 5.91 Å². The molecule has 0 spiro atoms. The molecule has 98 valence electrons. The number of anilines is 1. The topological polar surface area (TPSA) is 131 Å². The van der Waals surface area contributed by atoms with Crippen molar-refractivity contribution in [2.75, 3.05) is 5.32 Å². The van der Waals surface area contributed by atoms with E-state index in [1.54, 1.807) is 18.2 Å². The number of rotatable bonds is 3. The first-order valence-electron chi connectivity index (χ1n) is 5.58. The zero-order valence-electron chi connectivity index (χ0n) is 9.92. The summed E-state index contributed by atoms with van der Waals surface area (Å²) in [6.07, 6.45) is -0.916. The molecule has 5 N–H and O–H groups in total. The number of fused-ring (bicyclic) bond motifs is 1. The molecule has 2 rings (SSSR count). The monoisotopic (exact) mass is 260 g/mol. The molecule has 1 aliphatic rings. The molecule has 1 aliphatic heterocycles. The number of nitrogens with zero attached hydrogens (tertiary/aromatic N) is 1. The smallest absolute Gasteiger partial charge is 0.265 e. The van der Waals surface area contributed by atoms with E-state index in [2.05, 4.69) is 5.32 Å². The van der Waals surface area contributed by atoms with Crippen LogP contribution < -0.4 is 21.5 Å². The van der Waals surface area contributed by atoms with Crippen LogP contribution in [0.25, 0.3) is 0 Å². The molecular weight excluding hydrogens is 248 g/mol. The number of nitrogens with two attached hydrogens (primary N) is 2. The minimum absolute atomic E-state index is 0.0165. The summed E-state index contributed by atoms with van der Waals surface area (Å²) >= 11 is 0. The highest BCUT2D eigenvalue weighted by molar-refractivity contribution is 5.99. The second-order valence-corrected chi connectivity index (χ2v) is 4.13. The SMILES string of the molecule is N#Cc1cccc2c1NC(=O)[C@H](CC(N)C(N)=O)O2. The van der Waals surface area contributed by atoms with Crippen LogP contribution in [0.3, 0.4) is 0 Å². The normalized spacial score (nSPS) is 18.5. The van der Waals surface area contributed by atoms with Crippen molar-refractivity contribution in [3.05, 3.63) is 23.8 Å². The van der Waals surface area contributed by atoms with Crippen molar-refractivity contribution in [1.82, 2.24) is 0 Å². The molecule has 1 aromatic carbocycles. The minimum atomic E-state index is -0.962. The van der Waals surface area contributed by atoms with Gasteiger partial charge in [-0.05, 0) is 12.1 Å². The second-order valence-electron chi connectivity index (χ2n) is 4.13. The van der Waals surface area contributed by atoms with Crippen molar-refractivity contribution >= 4 is 17.5 Å². The molecule has 1 aromatic rings. The van der Waals surface area contributed by atoms with Crippen molar-refractivity contribution < 1.29 is 14.3 Å². The number of carbonyl (C=O) groups is 2. The predicted molar refractivity (Wildman–Crippen MR) is 66.0 cm³/mol. The maximum Gasteiger partial charge on any atom is 0.265 e. The Morgan fingerprint density at radius 3 is 2.95 bits per heavy atom. The maximum atomic E-state index is 11.8. The van der Waals surface area contributed by atoms with Crippen molar-refractivity contribution in [1.29, 1.82) is 5.26 Å². The van der Waals surface area contributed by atoms with Gasteiger partial charge in [0.05, 0.1) is 11.6 Å². The minimum Gasteiger partial charge on any atom is -0.478 e. The van der Waals surface area contributed by atoms with E-state index < -0.39 is 24.0 Å². The van der Waals surface area contributed by atoms with E-state index in [1.807, 2.05) is 6.07 Å². The summed E-state index contributed by atoms with van der Waals surface area (Å²) in [5.41, 5.74) is 11.2. The van der Waals surface area contributed by atoms with Crippen LogP contribution in [0.5, 0.6) is 5.75 Å². The lowest BCUT2D eigenvalue weighted by Gasteiger charge is -2.27. The van der Waals surface area contributed by atoms with Gasteiger partial charge in [0, 0.05) is 6.42 Å². The maximum absolute atomic E-state index is 11.8. The molecule has 1 heterocycles. The van der Waals surface area contributed by atoms with Gasteiger partial charge in [0.15, 0.2) is 6.10 Å². The van der Waals surface area contributed by atoms with Gasteiger partial charge in [0.2, 0.25) is 5.91 Å². The van der Waals surface area contributed by atoms with Crippen LogP contribution in [0.2, 0.25) is 0 Å². The molecule has 0 fully saturated rings. The summed E-state index contributed by atoms with van der Waals surface area (Å²) in [6.45, 7) is 0. The molecule has 7 nitrogen and oxygen atoms in total. The van der Waals surface area contributed by atoms with Crippen LogP contribution in [-0.4, -0.2) is 24.0 Å². The highest BCUT2D eigenvalue weighted by Crippen LogP contribution is 2.33. The Morgan fingerprint density at radius 2 is 2.32 bits per heavy atom. The highest BCUT2D eigenvalue weighted by atomic mass is 16.5. The largest absolute Gasteiger partial charge is 0.478 e. The molecule has 0 saturated carbocycles. The first kappa shape index (κ1) is 12.9. The molecular formula is C12H12N4O3. The third kappa shape index (κ3) is 2.48. The third-order valence-electron chi connectivity index (χ3n) is 2.79. The third-order valence-corrected chi connectivity index (χ3v) is 2.79. The van der Waals surface area contributed by atoms with Gasteiger partial charge >= 0.3 is 0 Å². The number of primary amides is 1. The predicted octanol–water partition coefficient (Wildman–Crippen LogP) is -0.540. The Hall–Kier alpha value is -2.59. The number of amides is 2. The Morgan fingerprint density at radius 1 is 1.58 bits per heavy atom. The van der Waals surface area contributed by atoms with E-state index >= 15 is 0 Å². The molecule has 0 aromatic heterocycles. The molecule has 1 unspecified atom stereocenters. The number of hydrogen-bond donors (Lipinski definition) is 3. The number of nitrogens with one attached hydrogen (secondary N) is 1. The fourth-order valence-electron chi connectivity index (χ4n) is 1.76. The zero-order chi connectivity index (χ0) is 14.0. The van der Waals surface area contributed by atoms with E-state index in [9.17, 15) is 9.59 Å². The lowest BCUT2D eigenvalue weighted by atomic mass is 10.1. The standard InChI is InChI=1S/C12H12N4O3/c13-5-6-2-1-3-8-10(6)16-12(18)9(19-8)4-7(14)11(15)17/h1-3,7,9H,4,14H2,(H2,15,17)(H,16,18)/t7?,9-/m0/s1. The van der Waals surface area contributed by atoms with Crippen molar-refractivity contribution in [3.8, 4) is 11.8 Å². The molecule has 19 heavy (non-hydrogen) atoms. The van der Waals surface area contributed by atoms with Gasteiger partial charge in [0.1, 0.15) is 17.5 Å². The average Bonchev–Trinajstić information content (AvgIpc) is 2.38. The molecule has 0 aliphatic carbocycles. The Balaban J connectivity index is 2.23. The average molecular weight is 260 g/mol. The van der Waals surface area contributed by atoms with E-state index in [0.29, 0.717) is 17.0 Å². The Bertz CT molecular complexity index is 579. The molecule has 2 atom stereocenters. The van der Waals surface area contributed by atoms with Gasteiger partial charge < -0.3 is 21.5 Å². The van der Waals surface area contributed by atoms with Crippen molar-refractivity contribution in [3.63, 3.8) is 0 Å². The van der Waals surface area contributed by atoms with E-state index in [-0.39, 0.29) is 6.42 Å². The summed E-state index contributed by atoms with van der Waals surface area (Å²) < 4.78 is 5.46. The van der Waals surface area contributed by atoms with Crippen LogP contribution in [0.15, 0.2) is 18.2 Å². The zero-order valence-corrected chi connectivity index (χ0v) is 9.92. The van der Waals surface area contributed by atoms with E-state index in [1.165, 1.54) is 0 Å². The van der Waals surface area contributed by atoms with Gasteiger partial charge in [-0.1, -0.05) is 6.07 Å². The molecule has 0 bridgehead atoms. The van der Waals surface area contributed by atoms with Crippen molar-refractivity contribution in [2.24, 2.45) is 11.5 Å². The lowest BCUT2D eigenvalue weighted by Crippen LogP contribution is -2.46. The molecule has 7 heteroatoms. The number of carbonyl (C=O) groups excluding carboxylic acids is 2. The van der Waals surface area contributed by atoms with Gasteiger partial charge in [-0.15, -0.1) is 0 Å². The van der Waals surface area contributed by atoms with Gasteiger partial charge in [-0.25, -0.2) is 0 Å². The number of ether oxygens (including phenoxy) is 1. The number of nitriles is 1. The molecule has 0 saturated heterocycles. The fourth-order valence-corrected chi connectivity index (χ4v) is 1.76. The summed E-state index contributed by atoms with van der Waals surface area (Å²) in [5, 5.41) is 11.5. The molecule has 0 radical (unpaired) electrons. The number of benzene rings is 1. The first-order valence-corrected chi connectivity index (χ1v) is 5.58. The summed E-state index contributed by atoms with van der Waals surface area (Å²) in [5.74, 6) is -0.778. The summed E-state index contributed by atoms with van der Waals surface area (Å²) in [4.78, 5) is 22.7. The molecule has 2 amide bonds. The highest BCUT2D eigenvalue weighted by Gasteiger charge is 2.31. The quantitative estimate of drug-likeness (QED) is 0.671. The van der Waals surface area contributed by atoms with E-state index in [0.717, 1.165) is 0 Å². The van der Waals surface area contributed by atoms with Crippen LogP contribution in [-0.2, 0) is 9.59 Å². The van der Waals surface area contributed by atoms with Gasteiger partial charge in [-0.3, -0.25) is 9.59 Å². The lowest BCUT2D eigenvalue weighted by molar-refractivity contribution is -0.125. The van der Waals surface area contributed by atoms with Crippen molar-refractivity contribution in [2.45, 2.75) is 18.6 Å². The van der Waals surface area contributed by atoms with Crippen LogP contribution in [0, 0.1) is 11.3 Å². The van der Waals surface area contributed by atoms with E-state index in [4.69, 9.17) is 21.5 Å². The summed E-state index contributed by atoms with van der Waals surface area (Å²) in [6, 6.07) is 5.82. The van der Waals surface area contributed by atoms with Crippen LogP contribution >= 0.6 is 0 Å². The van der Waals surface area contributed by atoms with Crippen LogP contribution in [0.1, 0.15) is 12.0 Å². The first-order chi connectivity index (χ1) is 9.02. The Labute approximate surface area is 109 Å². The number of hydrogen-bond acceptors (Lipinski definition) is 5. The fraction of sp³-hybridized carbons (Fsp3) is 0.250. The summed E-state index contributed by atoms with van der Waals surface area (Å²) in [7, 11) is 0. The van der Waals surface area contributed by atoms with Crippen LogP contribution in [0.4, 0.5) is 5.69 Å². The second kappa shape index (κ2) is 4.96. The Kier molecular flexibility index (Phi) is 3.35.